The molecule has 0 amide bonds. The van der Waals surface area contributed by atoms with E-state index in [1.54, 1.807) is 0 Å². The van der Waals surface area contributed by atoms with Crippen molar-refractivity contribution in [1.29, 1.82) is 0 Å². The number of rotatable bonds is 8. The summed E-state index contributed by atoms with van der Waals surface area (Å²) in [7, 11) is 0. The zero-order valence-corrected chi connectivity index (χ0v) is 37.5. The molecule has 8 rings (SSSR count). The molecule has 58 heavy (non-hydrogen) atoms. The summed E-state index contributed by atoms with van der Waals surface area (Å²) >= 11 is 0. The Bertz CT molecular complexity index is 2730. The van der Waals surface area contributed by atoms with Crippen molar-refractivity contribution in [2.45, 2.75) is 91.9 Å². The maximum Gasteiger partial charge on any atom is 2.00 e. The molecule has 0 aliphatic rings. The minimum absolute atomic E-state index is 0. The maximum absolute atomic E-state index is 6.83. The van der Waals surface area contributed by atoms with E-state index >= 15 is 0 Å². The maximum atomic E-state index is 6.83. The summed E-state index contributed by atoms with van der Waals surface area (Å²) in [5, 5.41) is 7.54. The monoisotopic (exact) mass is 943 g/mol. The third kappa shape index (κ3) is 7.82. The minimum Gasteiger partial charge on any atom is -0.509 e. The Morgan fingerprint density at radius 1 is 0.603 bits per heavy atom. The van der Waals surface area contributed by atoms with Gasteiger partial charge in [-0.05, 0) is 74.2 Å². The molecule has 296 valence electrons. The van der Waals surface area contributed by atoms with Crippen molar-refractivity contribution < 1.29 is 25.8 Å². The van der Waals surface area contributed by atoms with Crippen molar-refractivity contribution in [3.63, 3.8) is 0 Å². The summed E-state index contributed by atoms with van der Waals surface area (Å²) in [5.74, 6) is 2.51. The first kappa shape index (κ1) is 40.9. The van der Waals surface area contributed by atoms with Crippen LogP contribution in [0.1, 0.15) is 104 Å². The molecular weight excluding hydrogens is 892 g/mol. The topological polar surface area (TPSA) is 44.9 Å². The van der Waals surface area contributed by atoms with Gasteiger partial charge in [-0.25, -0.2) is 4.98 Å². The SMILES string of the molecule is CC(C)c1nn(-c2[c-]c(Oc3[c-]c4c(cc3)c3cc(-c5ccccc5)ccc3n4-c3cc(C(C)(C)C)ccn3)cc(C(C)(C)C)c2)c(C(C)C)c1-c1ccccc1.[Pt+2]. The van der Waals surface area contributed by atoms with E-state index in [4.69, 9.17) is 14.8 Å². The average molecular weight is 944 g/mol. The summed E-state index contributed by atoms with van der Waals surface area (Å²) < 4.78 is 11.2. The van der Waals surface area contributed by atoms with Crippen molar-refractivity contribution >= 4 is 21.8 Å². The zero-order valence-electron chi connectivity index (χ0n) is 35.2. The van der Waals surface area contributed by atoms with E-state index in [2.05, 4.69) is 200 Å². The van der Waals surface area contributed by atoms with Crippen LogP contribution < -0.4 is 4.74 Å². The van der Waals surface area contributed by atoms with Crippen molar-refractivity contribution in [2.75, 3.05) is 0 Å². The van der Waals surface area contributed by atoms with Gasteiger partial charge in [0.15, 0.2) is 0 Å². The van der Waals surface area contributed by atoms with E-state index in [0.29, 0.717) is 11.5 Å². The fourth-order valence-corrected chi connectivity index (χ4v) is 7.76. The molecule has 0 spiro atoms. The number of aromatic nitrogens is 4. The molecule has 0 fully saturated rings. The molecule has 8 aromatic rings. The Labute approximate surface area is 358 Å². The van der Waals surface area contributed by atoms with Gasteiger partial charge in [0.25, 0.3) is 0 Å². The van der Waals surface area contributed by atoms with Gasteiger partial charge in [-0.1, -0.05) is 148 Å². The largest absolute Gasteiger partial charge is 2.00 e. The van der Waals surface area contributed by atoms with E-state index in [9.17, 15) is 0 Å². The quantitative estimate of drug-likeness (QED) is 0.143. The van der Waals surface area contributed by atoms with E-state index in [-0.39, 0.29) is 43.7 Å². The number of ether oxygens (including phenoxy) is 1. The molecule has 5 nitrogen and oxygen atoms in total. The van der Waals surface area contributed by atoms with Gasteiger partial charge in [-0.3, -0.25) is 4.68 Å². The van der Waals surface area contributed by atoms with Gasteiger partial charge in [0.05, 0.1) is 11.4 Å². The van der Waals surface area contributed by atoms with Crippen LogP contribution in [0.15, 0.2) is 121 Å². The van der Waals surface area contributed by atoms with Crippen LogP contribution >= 0.6 is 0 Å². The molecule has 0 unspecified atom stereocenters. The van der Waals surface area contributed by atoms with Gasteiger partial charge < -0.3 is 9.30 Å². The molecule has 0 N–H and O–H groups in total. The minimum atomic E-state index is -0.156. The molecule has 0 saturated heterocycles. The van der Waals surface area contributed by atoms with Crippen LogP contribution in [0, 0.1) is 12.1 Å². The van der Waals surface area contributed by atoms with Crippen molar-refractivity contribution in [1.82, 2.24) is 19.3 Å². The number of fused-ring (bicyclic) bond motifs is 3. The summed E-state index contributed by atoms with van der Waals surface area (Å²) in [4.78, 5) is 4.93. The Kier molecular flexibility index (Phi) is 11.2. The van der Waals surface area contributed by atoms with Gasteiger partial charge in [-0.2, -0.15) is 11.2 Å². The molecule has 5 aromatic carbocycles. The normalized spacial score (nSPS) is 12.1. The van der Waals surface area contributed by atoms with Crippen LogP contribution in [0.4, 0.5) is 0 Å². The third-order valence-electron chi connectivity index (χ3n) is 10.8. The Morgan fingerprint density at radius 2 is 1.28 bits per heavy atom. The summed E-state index contributed by atoms with van der Waals surface area (Å²) in [5.41, 5.74) is 11.9. The zero-order chi connectivity index (χ0) is 40.2. The standard InChI is InChI=1S/C52H52N4O.Pt/c1-33(2)49-48(36-19-15-12-16-20-36)50(34(3)4)56(54-49)40-28-39(52(8,9)10)29-42(31-40)57-41-22-23-43-44-27-37(35-17-13-11-14-18-35)21-24-45(44)55(46(43)32-41)47-30-38(25-26-53-47)51(5,6)7;/h11-30,33-34H,1-10H3;/q-2;+2. The summed E-state index contributed by atoms with van der Waals surface area (Å²) in [6.07, 6.45) is 1.91. The van der Waals surface area contributed by atoms with Gasteiger partial charge in [-0.15, -0.1) is 41.3 Å². The fourth-order valence-electron chi connectivity index (χ4n) is 7.76. The van der Waals surface area contributed by atoms with E-state index in [1.807, 2.05) is 12.3 Å². The van der Waals surface area contributed by atoms with E-state index < -0.39 is 0 Å². The number of nitrogens with zero attached hydrogens (tertiary/aromatic N) is 4. The predicted octanol–water partition coefficient (Wildman–Crippen LogP) is 13.9. The first-order chi connectivity index (χ1) is 27.2. The van der Waals surface area contributed by atoms with Gasteiger partial charge in [0.1, 0.15) is 5.82 Å². The molecule has 0 atom stereocenters. The number of hydrogen-bond donors (Lipinski definition) is 0. The Hall–Kier alpha value is -5.25. The molecule has 6 heteroatoms. The number of benzene rings is 5. The number of pyridine rings is 1. The first-order valence-corrected chi connectivity index (χ1v) is 20.1. The Morgan fingerprint density at radius 3 is 1.91 bits per heavy atom. The van der Waals surface area contributed by atoms with Crippen LogP contribution in [0.3, 0.4) is 0 Å². The molecule has 0 aliphatic heterocycles. The van der Waals surface area contributed by atoms with Crippen LogP contribution in [-0.4, -0.2) is 19.3 Å². The van der Waals surface area contributed by atoms with Crippen molar-refractivity contribution in [3.8, 4) is 45.3 Å². The molecular formula is C52H52N4OPt. The molecule has 0 saturated carbocycles. The summed E-state index contributed by atoms with van der Waals surface area (Å²) in [6, 6.07) is 48.0. The summed E-state index contributed by atoms with van der Waals surface area (Å²) in [6.45, 7) is 22.3. The average Bonchev–Trinajstić information content (AvgIpc) is 3.75. The van der Waals surface area contributed by atoms with Gasteiger partial charge in [0.2, 0.25) is 0 Å². The molecule has 3 aromatic heterocycles. The second kappa shape index (κ2) is 15.8. The molecule has 0 aliphatic carbocycles. The van der Waals surface area contributed by atoms with E-state index in [1.165, 1.54) is 22.3 Å². The van der Waals surface area contributed by atoms with Gasteiger partial charge in [0, 0.05) is 28.8 Å². The first-order valence-electron chi connectivity index (χ1n) is 20.1. The van der Waals surface area contributed by atoms with Crippen molar-refractivity contribution in [2.24, 2.45) is 0 Å². The number of hydrogen-bond acceptors (Lipinski definition) is 3. The Balaban J connectivity index is 0.00000512. The van der Waals surface area contributed by atoms with Crippen LogP contribution in [-0.2, 0) is 31.9 Å². The van der Waals surface area contributed by atoms with E-state index in [0.717, 1.165) is 55.8 Å². The van der Waals surface area contributed by atoms with Gasteiger partial charge >= 0.3 is 21.1 Å². The fraction of sp³-hybridized carbons (Fsp3) is 0.269. The second-order valence-corrected chi connectivity index (χ2v) is 17.9. The van der Waals surface area contributed by atoms with Crippen LogP contribution in [0.2, 0.25) is 0 Å². The van der Waals surface area contributed by atoms with Crippen LogP contribution in [0.5, 0.6) is 11.5 Å². The molecule has 0 bridgehead atoms. The molecule has 3 heterocycles. The van der Waals surface area contributed by atoms with Crippen LogP contribution in [0.25, 0.3) is 55.6 Å². The molecule has 0 radical (unpaired) electrons. The van der Waals surface area contributed by atoms with Crippen molar-refractivity contribution in [3.05, 3.63) is 156 Å². The third-order valence-corrected chi connectivity index (χ3v) is 10.8. The second-order valence-electron chi connectivity index (χ2n) is 17.9. The predicted molar refractivity (Wildman–Crippen MR) is 236 cm³/mol. The smallest absolute Gasteiger partial charge is 0.509 e.